The monoisotopic (exact) mass is 267 g/mol. The van der Waals surface area contributed by atoms with Crippen molar-refractivity contribution < 1.29 is 9.53 Å². The number of nitrogens with one attached hydrogen (secondary N) is 1. The number of para-hydroxylation sites is 1. The molecule has 0 fully saturated rings. The molecule has 0 aromatic heterocycles. The molecule has 3 rings (SSSR count). The Morgan fingerprint density at radius 3 is 2.70 bits per heavy atom. The molecule has 0 spiro atoms. The Balaban J connectivity index is 1.57. The fourth-order valence-electron chi connectivity index (χ4n) is 2.45. The van der Waals surface area contributed by atoms with E-state index in [1.54, 1.807) is 0 Å². The first-order valence-corrected chi connectivity index (χ1v) is 6.87. The molecule has 1 aliphatic rings. The quantitative estimate of drug-likeness (QED) is 0.928. The topological polar surface area (TPSA) is 38.3 Å². The molecule has 2 aromatic rings. The van der Waals surface area contributed by atoms with Gasteiger partial charge in [0, 0.05) is 18.0 Å². The first-order chi connectivity index (χ1) is 9.83. The van der Waals surface area contributed by atoms with E-state index in [-0.39, 0.29) is 5.91 Å². The van der Waals surface area contributed by atoms with Crippen LogP contribution in [0, 0.1) is 5.92 Å². The third kappa shape index (κ3) is 2.82. The molecule has 1 unspecified atom stereocenters. The molecule has 1 amide bonds. The van der Waals surface area contributed by atoms with Crippen LogP contribution >= 0.6 is 0 Å². The number of carbonyl (C=O) groups excluding carboxylic acids is 1. The highest BCUT2D eigenvalue weighted by Crippen LogP contribution is 2.26. The summed E-state index contributed by atoms with van der Waals surface area (Å²) in [6.07, 6.45) is 0.950. The summed E-state index contributed by atoms with van der Waals surface area (Å²) in [6, 6.07) is 17.4. The molecule has 2 aromatic carbocycles. The van der Waals surface area contributed by atoms with Crippen molar-refractivity contribution in [2.45, 2.75) is 6.42 Å². The molecule has 0 saturated carbocycles. The Kier molecular flexibility index (Phi) is 3.68. The number of ether oxygens (including phenoxy) is 1. The Morgan fingerprint density at radius 1 is 1.10 bits per heavy atom. The van der Waals surface area contributed by atoms with Crippen LogP contribution in [0.25, 0.3) is 0 Å². The van der Waals surface area contributed by atoms with Gasteiger partial charge < -0.3 is 10.1 Å². The maximum Gasteiger partial charge on any atom is 0.251 e. The van der Waals surface area contributed by atoms with Gasteiger partial charge in [-0.05, 0) is 30.2 Å². The number of hydrogen-bond acceptors (Lipinski definition) is 2. The van der Waals surface area contributed by atoms with Crippen LogP contribution in [0.4, 0.5) is 0 Å². The zero-order chi connectivity index (χ0) is 13.8. The van der Waals surface area contributed by atoms with Crippen molar-refractivity contribution in [2.75, 3.05) is 13.2 Å². The van der Waals surface area contributed by atoms with E-state index in [2.05, 4.69) is 11.4 Å². The largest absolute Gasteiger partial charge is 0.493 e. The zero-order valence-electron chi connectivity index (χ0n) is 11.2. The van der Waals surface area contributed by atoms with Gasteiger partial charge in [-0.2, -0.15) is 0 Å². The SMILES string of the molecule is O=C(NCC1COc2ccccc2C1)c1ccccc1. The molecular weight excluding hydrogens is 250 g/mol. The smallest absolute Gasteiger partial charge is 0.251 e. The van der Waals surface area contributed by atoms with E-state index in [9.17, 15) is 4.79 Å². The Labute approximate surface area is 118 Å². The number of amides is 1. The molecule has 3 heteroatoms. The lowest BCUT2D eigenvalue weighted by molar-refractivity contribution is 0.0939. The van der Waals surface area contributed by atoms with Gasteiger partial charge in [-0.15, -0.1) is 0 Å². The van der Waals surface area contributed by atoms with Gasteiger partial charge in [0.15, 0.2) is 0 Å². The summed E-state index contributed by atoms with van der Waals surface area (Å²) in [5.41, 5.74) is 1.92. The van der Waals surface area contributed by atoms with Gasteiger partial charge in [-0.25, -0.2) is 0 Å². The van der Waals surface area contributed by atoms with Gasteiger partial charge in [-0.1, -0.05) is 36.4 Å². The Morgan fingerprint density at radius 2 is 1.85 bits per heavy atom. The van der Waals surface area contributed by atoms with Crippen LogP contribution in [0.15, 0.2) is 54.6 Å². The van der Waals surface area contributed by atoms with E-state index >= 15 is 0 Å². The molecule has 1 atom stereocenters. The Bertz CT molecular complexity index is 595. The molecule has 0 saturated heterocycles. The minimum absolute atomic E-state index is 0.0236. The van der Waals surface area contributed by atoms with Crippen LogP contribution in [0.3, 0.4) is 0 Å². The zero-order valence-corrected chi connectivity index (χ0v) is 11.2. The van der Waals surface area contributed by atoms with Crippen LogP contribution in [-0.2, 0) is 6.42 Å². The second-order valence-corrected chi connectivity index (χ2v) is 5.06. The summed E-state index contributed by atoms with van der Waals surface area (Å²) < 4.78 is 5.72. The lowest BCUT2D eigenvalue weighted by Gasteiger charge is -2.25. The molecular formula is C17H17NO2. The van der Waals surface area contributed by atoms with E-state index in [0.29, 0.717) is 24.6 Å². The van der Waals surface area contributed by atoms with E-state index in [1.165, 1.54) is 5.56 Å². The summed E-state index contributed by atoms with van der Waals surface area (Å²) in [6.45, 7) is 1.30. The van der Waals surface area contributed by atoms with E-state index in [0.717, 1.165) is 12.2 Å². The summed E-state index contributed by atoms with van der Waals surface area (Å²) in [4.78, 5) is 12.0. The fraction of sp³-hybridized carbons (Fsp3) is 0.235. The van der Waals surface area contributed by atoms with E-state index < -0.39 is 0 Å². The summed E-state index contributed by atoms with van der Waals surface area (Å²) in [5.74, 6) is 1.28. The van der Waals surface area contributed by atoms with Crippen LogP contribution in [0.1, 0.15) is 15.9 Å². The van der Waals surface area contributed by atoms with Crippen molar-refractivity contribution in [3.05, 3.63) is 65.7 Å². The number of carbonyl (C=O) groups is 1. The highest BCUT2D eigenvalue weighted by Gasteiger charge is 2.20. The molecule has 102 valence electrons. The molecule has 3 nitrogen and oxygen atoms in total. The van der Waals surface area contributed by atoms with Crippen molar-refractivity contribution in [3.8, 4) is 5.75 Å². The van der Waals surface area contributed by atoms with Crippen LogP contribution in [0.2, 0.25) is 0 Å². The standard InChI is InChI=1S/C17H17NO2/c19-17(14-6-2-1-3-7-14)18-11-13-10-15-8-4-5-9-16(15)20-12-13/h1-9,13H,10-12H2,(H,18,19). The number of rotatable bonds is 3. The van der Waals surface area contributed by atoms with Crippen LogP contribution in [0.5, 0.6) is 5.75 Å². The van der Waals surface area contributed by atoms with Crippen LogP contribution in [-0.4, -0.2) is 19.1 Å². The first kappa shape index (κ1) is 12.7. The molecule has 0 radical (unpaired) electrons. The van der Waals surface area contributed by atoms with Crippen molar-refractivity contribution in [2.24, 2.45) is 5.92 Å². The first-order valence-electron chi connectivity index (χ1n) is 6.87. The summed E-state index contributed by atoms with van der Waals surface area (Å²) in [5, 5.41) is 2.98. The normalized spacial score (nSPS) is 16.9. The van der Waals surface area contributed by atoms with E-state index in [4.69, 9.17) is 4.74 Å². The highest BCUT2D eigenvalue weighted by atomic mass is 16.5. The van der Waals surface area contributed by atoms with Crippen molar-refractivity contribution >= 4 is 5.91 Å². The molecule has 0 bridgehead atoms. The number of benzene rings is 2. The van der Waals surface area contributed by atoms with Crippen molar-refractivity contribution in [1.29, 1.82) is 0 Å². The van der Waals surface area contributed by atoms with Gasteiger partial charge in [0.1, 0.15) is 5.75 Å². The highest BCUT2D eigenvalue weighted by molar-refractivity contribution is 5.94. The lowest BCUT2D eigenvalue weighted by atomic mass is 9.96. The third-order valence-electron chi connectivity index (χ3n) is 3.54. The maximum absolute atomic E-state index is 12.0. The van der Waals surface area contributed by atoms with Gasteiger partial charge in [0.25, 0.3) is 5.91 Å². The van der Waals surface area contributed by atoms with Gasteiger partial charge in [0.2, 0.25) is 0 Å². The molecule has 1 aliphatic heterocycles. The maximum atomic E-state index is 12.0. The lowest BCUT2D eigenvalue weighted by Crippen LogP contribution is -2.34. The van der Waals surface area contributed by atoms with Crippen LogP contribution < -0.4 is 10.1 Å². The minimum atomic E-state index is -0.0236. The average Bonchev–Trinajstić information content (AvgIpc) is 2.53. The predicted octanol–water partition coefficient (Wildman–Crippen LogP) is 2.67. The van der Waals surface area contributed by atoms with Crippen molar-refractivity contribution in [3.63, 3.8) is 0 Å². The molecule has 1 N–H and O–H groups in total. The summed E-state index contributed by atoms with van der Waals surface area (Å²) in [7, 11) is 0. The second-order valence-electron chi connectivity index (χ2n) is 5.06. The molecule has 1 heterocycles. The Hall–Kier alpha value is -2.29. The molecule has 20 heavy (non-hydrogen) atoms. The minimum Gasteiger partial charge on any atom is -0.493 e. The number of fused-ring (bicyclic) bond motifs is 1. The summed E-state index contributed by atoms with van der Waals surface area (Å²) >= 11 is 0. The number of hydrogen-bond donors (Lipinski definition) is 1. The fourth-order valence-corrected chi connectivity index (χ4v) is 2.45. The second kappa shape index (κ2) is 5.78. The van der Waals surface area contributed by atoms with Crippen molar-refractivity contribution in [1.82, 2.24) is 5.32 Å². The average molecular weight is 267 g/mol. The van der Waals surface area contributed by atoms with Gasteiger partial charge >= 0.3 is 0 Å². The van der Waals surface area contributed by atoms with Gasteiger partial charge in [0.05, 0.1) is 6.61 Å². The van der Waals surface area contributed by atoms with Gasteiger partial charge in [-0.3, -0.25) is 4.79 Å². The molecule has 0 aliphatic carbocycles. The third-order valence-corrected chi connectivity index (χ3v) is 3.54. The predicted molar refractivity (Wildman–Crippen MR) is 77.9 cm³/mol. The van der Waals surface area contributed by atoms with E-state index in [1.807, 2.05) is 48.5 Å².